The highest BCUT2D eigenvalue weighted by Crippen LogP contribution is 2.18. The van der Waals surface area contributed by atoms with Gasteiger partial charge in [-0.2, -0.15) is 0 Å². The summed E-state index contributed by atoms with van der Waals surface area (Å²) >= 11 is 1.09. The van der Waals surface area contributed by atoms with Crippen LogP contribution in [-0.2, 0) is 16.0 Å². The second-order valence-electron chi connectivity index (χ2n) is 5.44. The van der Waals surface area contributed by atoms with Crippen LogP contribution in [0.3, 0.4) is 0 Å². The molecule has 1 aromatic carbocycles. The third-order valence-corrected chi connectivity index (χ3v) is 4.42. The predicted molar refractivity (Wildman–Crippen MR) is 96.6 cm³/mol. The van der Waals surface area contributed by atoms with Crippen LogP contribution in [0.5, 0.6) is 0 Å². The number of rotatable bonds is 7. The van der Waals surface area contributed by atoms with Crippen molar-refractivity contribution < 1.29 is 19.5 Å². The van der Waals surface area contributed by atoms with Gasteiger partial charge in [0.05, 0.1) is 11.5 Å². The number of carbonyl (C=O) groups is 3. The van der Waals surface area contributed by atoms with Crippen molar-refractivity contribution in [3.05, 3.63) is 59.9 Å². The fourth-order valence-electron chi connectivity index (χ4n) is 2.22. The van der Waals surface area contributed by atoms with Crippen LogP contribution < -0.4 is 5.32 Å². The third-order valence-electron chi connectivity index (χ3n) is 3.44. The number of benzene rings is 1. The maximum Gasteiger partial charge on any atom is 0.335 e. The first kappa shape index (κ1) is 18.7. The Hall–Kier alpha value is -2.67. The van der Waals surface area contributed by atoms with Gasteiger partial charge in [0, 0.05) is 30.8 Å². The van der Waals surface area contributed by atoms with Crippen molar-refractivity contribution in [2.45, 2.75) is 13.3 Å². The number of aromatic nitrogens is 1. The lowest BCUT2D eigenvalue weighted by atomic mass is 10.0. The minimum absolute atomic E-state index is 0.0585. The van der Waals surface area contributed by atoms with Crippen molar-refractivity contribution in [2.75, 3.05) is 11.1 Å². The van der Waals surface area contributed by atoms with Gasteiger partial charge in [-0.25, -0.2) is 4.79 Å². The summed E-state index contributed by atoms with van der Waals surface area (Å²) in [6.07, 6.45) is 3.78. The number of carboxylic acid groups (broad SMARTS) is 1. The summed E-state index contributed by atoms with van der Waals surface area (Å²) in [6.45, 7) is 1.46. The molecule has 0 aliphatic rings. The number of anilines is 1. The van der Waals surface area contributed by atoms with E-state index >= 15 is 0 Å². The molecule has 6 nitrogen and oxygen atoms in total. The summed E-state index contributed by atoms with van der Waals surface area (Å²) in [5.41, 5.74) is 1.40. The van der Waals surface area contributed by atoms with E-state index < -0.39 is 11.9 Å². The molecule has 2 N–H and O–H groups in total. The van der Waals surface area contributed by atoms with E-state index in [1.54, 1.807) is 30.6 Å². The van der Waals surface area contributed by atoms with Gasteiger partial charge >= 0.3 is 5.97 Å². The molecule has 0 saturated carbocycles. The van der Waals surface area contributed by atoms with E-state index in [2.05, 4.69) is 10.3 Å². The van der Waals surface area contributed by atoms with E-state index in [0.29, 0.717) is 17.9 Å². The number of thioether (sulfide) groups is 1. The highest BCUT2D eigenvalue weighted by atomic mass is 32.2. The minimum atomic E-state index is -1.06. The van der Waals surface area contributed by atoms with Crippen LogP contribution in [0, 0.1) is 5.92 Å². The van der Waals surface area contributed by atoms with E-state index in [4.69, 9.17) is 5.11 Å². The first-order valence-corrected chi connectivity index (χ1v) is 8.60. The molecule has 1 unspecified atom stereocenters. The van der Waals surface area contributed by atoms with Crippen LogP contribution in [-0.4, -0.2) is 32.8 Å². The van der Waals surface area contributed by atoms with Crippen molar-refractivity contribution in [1.29, 1.82) is 0 Å². The largest absolute Gasteiger partial charge is 0.478 e. The number of carboxylic acids is 1. The highest BCUT2D eigenvalue weighted by molar-refractivity contribution is 8.13. The monoisotopic (exact) mass is 358 g/mol. The molecular weight excluding hydrogens is 340 g/mol. The Morgan fingerprint density at radius 2 is 2.04 bits per heavy atom. The quantitative estimate of drug-likeness (QED) is 0.790. The van der Waals surface area contributed by atoms with Crippen molar-refractivity contribution in [3.63, 3.8) is 0 Å². The lowest BCUT2D eigenvalue weighted by molar-refractivity contribution is -0.119. The molecule has 0 spiro atoms. The Balaban J connectivity index is 2.12. The van der Waals surface area contributed by atoms with Crippen LogP contribution in [0.1, 0.15) is 22.8 Å². The van der Waals surface area contributed by atoms with Crippen LogP contribution in [0.25, 0.3) is 0 Å². The summed E-state index contributed by atoms with van der Waals surface area (Å²) in [5, 5.41) is 11.7. The van der Waals surface area contributed by atoms with Gasteiger partial charge in [-0.15, -0.1) is 0 Å². The lowest BCUT2D eigenvalue weighted by Crippen LogP contribution is -2.27. The Kier molecular flexibility index (Phi) is 6.71. The van der Waals surface area contributed by atoms with Crippen LogP contribution in [0.2, 0.25) is 0 Å². The summed E-state index contributed by atoms with van der Waals surface area (Å²) in [4.78, 5) is 38.9. The predicted octanol–water partition coefficient (Wildman–Crippen LogP) is 2.86. The standard InChI is InChI=1S/C18H18N2O4S/c1-12(21)25-11-15(8-13-4-3-7-19-10-13)17(22)20-16-6-2-5-14(9-16)18(23)24/h2-7,9-10,15H,8,11H2,1H3,(H,20,22)(H,23,24). The number of hydrogen-bond donors (Lipinski definition) is 2. The SMILES string of the molecule is CC(=O)SCC(Cc1cccnc1)C(=O)Nc1cccc(C(=O)O)c1. The van der Waals surface area contributed by atoms with Crippen LogP contribution in [0.15, 0.2) is 48.8 Å². The van der Waals surface area contributed by atoms with Crippen molar-refractivity contribution in [3.8, 4) is 0 Å². The average Bonchev–Trinajstić information content (AvgIpc) is 2.59. The number of amides is 1. The maximum atomic E-state index is 12.6. The topological polar surface area (TPSA) is 96.4 Å². The average molecular weight is 358 g/mol. The van der Waals surface area contributed by atoms with E-state index in [-0.39, 0.29) is 16.6 Å². The Bertz CT molecular complexity index is 765. The lowest BCUT2D eigenvalue weighted by Gasteiger charge is -2.16. The number of aromatic carboxylic acids is 1. The third kappa shape index (κ3) is 6.04. The molecule has 0 aliphatic carbocycles. The Morgan fingerprint density at radius 1 is 1.24 bits per heavy atom. The van der Waals surface area contributed by atoms with Gasteiger partial charge in [-0.1, -0.05) is 23.9 Å². The molecule has 1 heterocycles. The van der Waals surface area contributed by atoms with Gasteiger partial charge < -0.3 is 10.4 Å². The second-order valence-corrected chi connectivity index (χ2v) is 6.64. The molecule has 0 radical (unpaired) electrons. The molecule has 1 atom stereocenters. The summed E-state index contributed by atoms with van der Waals surface area (Å²) < 4.78 is 0. The minimum Gasteiger partial charge on any atom is -0.478 e. The summed E-state index contributed by atoms with van der Waals surface area (Å²) in [6, 6.07) is 9.72. The van der Waals surface area contributed by atoms with Crippen molar-refractivity contribution in [2.24, 2.45) is 5.92 Å². The summed E-state index contributed by atoms with van der Waals surface area (Å²) in [5.74, 6) is -1.42. The maximum absolute atomic E-state index is 12.6. The number of nitrogens with zero attached hydrogens (tertiary/aromatic N) is 1. The molecule has 1 aromatic heterocycles. The molecule has 0 saturated heterocycles. The van der Waals surface area contributed by atoms with E-state index in [9.17, 15) is 14.4 Å². The zero-order chi connectivity index (χ0) is 18.2. The fraction of sp³-hybridized carbons (Fsp3) is 0.222. The van der Waals surface area contributed by atoms with Crippen LogP contribution in [0.4, 0.5) is 5.69 Å². The molecule has 130 valence electrons. The Morgan fingerprint density at radius 3 is 2.68 bits per heavy atom. The van der Waals surface area contributed by atoms with Gasteiger partial charge in [0.15, 0.2) is 5.12 Å². The number of hydrogen-bond acceptors (Lipinski definition) is 5. The van der Waals surface area contributed by atoms with Gasteiger partial charge in [-0.05, 0) is 36.2 Å². The van der Waals surface area contributed by atoms with Gasteiger partial charge in [-0.3, -0.25) is 14.6 Å². The molecule has 2 rings (SSSR count). The molecule has 2 aromatic rings. The van der Waals surface area contributed by atoms with Crippen LogP contribution >= 0.6 is 11.8 Å². The van der Waals surface area contributed by atoms with Gasteiger partial charge in [0.2, 0.25) is 5.91 Å². The zero-order valence-electron chi connectivity index (χ0n) is 13.6. The molecule has 25 heavy (non-hydrogen) atoms. The van der Waals surface area contributed by atoms with E-state index in [0.717, 1.165) is 17.3 Å². The fourth-order valence-corrected chi connectivity index (χ4v) is 2.93. The smallest absolute Gasteiger partial charge is 0.335 e. The molecule has 7 heteroatoms. The molecule has 0 fully saturated rings. The van der Waals surface area contributed by atoms with E-state index in [1.165, 1.54) is 19.1 Å². The molecule has 0 bridgehead atoms. The summed E-state index contributed by atoms with van der Waals surface area (Å²) in [7, 11) is 0. The molecular formula is C18H18N2O4S. The van der Waals surface area contributed by atoms with Gasteiger partial charge in [0.1, 0.15) is 0 Å². The first-order valence-electron chi connectivity index (χ1n) is 7.62. The first-order chi connectivity index (χ1) is 12.0. The van der Waals surface area contributed by atoms with Crippen molar-refractivity contribution >= 4 is 34.4 Å². The second kappa shape index (κ2) is 8.98. The van der Waals surface area contributed by atoms with Gasteiger partial charge in [0.25, 0.3) is 0 Å². The molecule has 0 aliphatic heterocycles. The number of nitrogens with one attached hydrogen (secondary N) is 1. The normalized spacial score (nSPS) is 11.6. The number of carbonyl (C=O) groups excluding carboxylic acids is 2. The molecule has 1 amide bonds. The highest BCUT2D eigenvalue weighted by Gasteiger charge is 2.20. The van der Waals surface area contributed by atoms with E-state index in [1.807, 2.05) is 6.07 Å². The zero-order valence-corrected chi connectivity index (χ0v) is 14.5. The van der Waals surface area contributed by atoms with Crippen molar-refractivity contribution in [1.82, 2.24) is 4.98 Å². The Labute approximate surface area is 149 Å². The number of pyridine rings is 1.